The average Bonchev–Trinajstić information content (AvgIpc) is 3.01. The molecule has 0 fully saturated rings. The van der Waals surface area contributed by atoms with Crippen LogP contribution in [0.1, 0.15) is 26.3 Å². The summed E-state index contributed by atoms with van der Waals surface area (Å²) in [5, 5.41) is 0. The van der Waals surface area contributed by atoms with Crippen LogP contribution < -0.4 is 10.4 Å². The van der Waals surface area contributed by atoms with Crippen LogP contribution in [0, 0.1) is 0 Å². The van der Waals surface area contributed by atoms with Crippen molar-refractivity contribution in [2.75, 3.05) is 4.72 Å². The number of anilines is 1. The minimum atomic E-state index is -3.68. The number of benzene rings is 2. The highest BCUT2D eigenvalue weighted by atomic mass is 32.2. The van der Waals surface area contributed by atoms with Gasteiger partial charge in [-0.2, -0.15) is 0 Å². The summed E-state index contributed by atoms with van der Waals surface area (Å²) < 4.78 is 29.1. The number of H-pyrrole nitrogens is 1. The molecule has 0 saturated heterocycles. The van der Waals surface area contributed by atoms with E-state index in [0.717, 1.165) is 5.56 Å². The summed E-state index contributed by atoms with van der Waals surface area (Å²) in [7, 11) is -3.68. The van der Waals surface area contributed by atoms with Gasteiger partial charge in [-0.1, -0.05) is 32.9 Å². The molecule has 6 nitrogen and oxygen atoms in total. The van der Waals surface area contributed by atoms with Gasteiger partial charge in [-0.05, 0) is 47.4 Å². The third-order valence-corrected chi connectivity index (χ3v) is 5.47. The molecule has 0 unspecified atom stereocenters. The van der Waals surface area contributed by atoms with E-state index in [9.17, 15) is 13.2 Å². The Morgan fingerprint density at radius 3 is 2.08 bits per heavy atom. The Morgan fingerprint density at radius 1 is 0.962 bits per heavy atom. The zero-order valence-corrected chi connectivity index (χ0v) is 15.7. The summed E-state index contributed by atoms with van der Waals surface area (Å²) in [6.45, 7) is 6.23. The van der Waals surface area contributed by atoms with Gasteiger partial charge in [0, 0.05) is 18.1 Å². The minimum absolute atomic E-state index is 0.0398. The van der Waals surface area contributed by atoms with Crippen molar-refractivity contribution in [3.63, 3.8) is 0 Å². The SMILES string of the molecule is CC(C)(C)c1ccc(S(=O)(=O)Nc2ccc(-n3cc[nH]c3=O)cc2)cc1. The lowest BCUT2D eigenvalue weighted by Gasteiger charge is -2.19. The molecule has 3 aromatic rings. The summed E-state index contributed by atoms with van der Waals surface area (Å²) in [5.41, 5.74) is 1.85. The molecule has 1 aromatic heterocycles. The van der Waals surface area contributed by atoms with Crippen LogP contribution in [-0.2, 0) is 15.4 Å². The van der Waals surface area contributed by atoms with E-state index in [-0.39, 0.29) is 16.0 Å². The van der Waals surface area contributed by atoms with Crippen molar-refractivity contribution in [2.24, 2.45) is 0 Å². The second-order valence-corrected chi connectivity index (χ2v) is 8.74. The largest absolute Gasteiger partial charge is 0.330 e. The number of hydrogen-bond acceptors (Lipinski definition) is 3. The van der Waals surface area contributed by atoms with Gasteiger partial charge < -0.3 is 4.98 Å². The van der Waals surface area contributed by atoms with E-state index in [1.807, 2.05) is 12.1 Å². The number of hydrogen-bond donors (Lipinski definition) is 2. The fraction of sp³-hybridized carbons (Fsp3) is 0.211. The summed E-state index contributed by atoms with van der Waals surface area (Å²) in [6, 6.07) is 13.5. The minimum Gasteiger partial charge on any atom is -0.312 e. The molecule has 7 heteroatoms. The van der Waals surface area contributed by atoms with Crippen LogP contribution in [-0.4, -0.2) is 18.0 Å². The number of sulfonamides is 1. The van der Waals surface area contributed by atoms with Gasteiger partial charge in [0.2, 0.25) is 0 Å². The van der Waals surface area contributed by atoms with Crippen molar-refractivity contribution in [1.29, 1.82) is 0 Å². The molecule has 0 atom stereocenters. The maximum Gasteiger partial charge on any atom is 0.330 e. The molecule has 3 rings (SSSR count). The van der Waals surface area contributed by atoms with Crippen molar-refractivity contribution in [3.8, 4) is 5.69 Å². The second kappa shape index (κ2) is 6.49. The zero-order valence-electron chi connectivity index (χ0n) is 14.9. The molecule has 0 radical (unpaired) electrons. The van der Waals surface area contributed by atoms with Crippen LogP contribution >= 0.6 is 0 Å². The first-order chi connectivity index (χ1) is 12.2. The van der Waals surface area contributed by atoms with Crippen LogP contribution in [0.3, 0.4) is 0 Å². The van der Waals surface area contributed by atoms with Gasteiger partial charge in [0.25, 0.3) is 10.0 Å². The molecule has 0 amide bonds. The van der Waals surface area contributed by atoms with E-state index < -0.39 is 10.0 Å². The first-order valence-electron chi connectivity index (χ1n) is 8.17. The van der Waals surface area contributed by atoms with Gasteiger partial charge in [0.05, 0.1) is 10.6 Å². The number of aromatic nitrogens is 2. The van der Waals surface area contributed by atoms with E-state index in [0.29, 0.717) is 11.4 Å². The molecule has 0 bridgehead atoms. The molecule has 26 heavy (non-hydrogen) atoms. The van der Waals surface area contributed by atoms with E-state index >= 15 is 0 Å². The van der Waals surface area contributed by atoms with Gasteiger partial charge in [-0.25, -0.2) is 13.2 Å². The van der Waals surface area contributed by atoms with Gasteiger partial charge in [-0.3, -0.25) is 9.29 Å². The van der Waals surface area contributed by atoms with Crippen molar-refractivity contribution in [1.82, 2.24) is 9.55 Å². The lowest BCUT2D eigenvalue weighted by molar-refractivity contribution is 0.587. The van der Waals surface area contributed by atoms with Gasteiger partial charge in [-0.15, -0.1) is 0 Å². The number of imidazole rings is 1. The lowest BCUT2D eigenvalue weighted by atomic mass is 9.87. The van der Waals surface area contributed by atoms with E-state index in [1.165, 1.54) is 4.57 Å². The molecule has 2 aromatic carbocycles. The number of nitrogens with zero attached hydrogens (tertiary/aromatic N) is 1. The fourth-order valence-corrected chi connectivity index (χ4v) is 3.62. The predicted octanol–water partition coefficient (Wildman–Crippen LogP) is 3.26. The lowest BCUT2D eigenvalue weighted by Crippen LogP contribution is -2.15. The summed E-state index contributed by atoms with van der Waals surface area (Å²) in [6.07, 6.45) is 3.15. The van der Waals surface area contributed by atoms with Crippen molar-refractivity contribution < 1.29 is 8.42 Å². The standard InChI is InChI=1S/C19H21N3O3S/c1-19(2,3)14-4-10-17(11-5-14)26(24,25)21-15-6-8-16(9-7-15)22-13-12-20-18(22)23/h4-13,21H,1-3H3,(H,20,23). The monoisotopic (exact) mass is 371 g/mol. The molecule has 0 aliphatic rings. The Balaban J connectivity index is 1.81. The zero-order chi connectivity index (χ0) is 18.9. The summed E-state index contributed by atoms with van der Waals surface area (Å²) in [5.74, 6) is 0. The van der Waals surface area contributed by atoms with Crippen LogP contribution in [0.2, 0.25) is 0 Å². The van der Waals surface area contributed by atoms with Crippen LogP contribution in [0.15, 0.2) is 70.6 Å². The normalized spacial score (nSPS) is 12.1. The highest BCUT2D eigenvalue weighted by Gasteiger charge is 2.17. The molecule has 0 saturated carbocycles. The third-order valence-electron chi connectivity index (χ3n) is 4.08. The molecule has 2 N–H and O–H groups in total. The number of nitrogens with one attached hydrogen (secondary N) is 2. The topological polar surface area (TPSA) is 84.0 Å². The Labute approximate surface area is 152 Å². The summed E-state index contributed by atoms with van der Waals surface area (Å²) in [4.78, 5) is 14.4. The quantitative estimate of drug-likeness (QED) is 0.738. The van der Waals surface area contributed by atoms with Crippen molar-refractivity contribution >= 4 is 15.7 Å². The highest BCUT2D eigenvalue weighted by molar-refractivity contribution is 7.92. The van der Waals surface area contributed by atoms with Crippen LogP contribution in [0.4, 0.5) is 5.69 Å². The molecule has 0 spiro atoms. The third kappa shape index (κ3) is 3.72. The van der Waals surface area contributed by atoms with Crippen LogP contribution in [0.25, 0.3) is 5.69 Å². The molecule has 0 aliphatic carbocycles. The Bertz CT molecular complexity index is 1050. The van der Waals surface area contributed by atoms with E-state index in [2.05, 4.69) is 30.5 Å². The first kappa shape index (κ1) is 18.0. The van der Waals surface area contributed by atoms with Crippen molar-refractivity contribution in [2.45, 2.75) is 31.1 Å². The molecular formula is C19H21N3O3S. The van der Waals surface area contributed by atoms with E-state index in [4.69, 9.17) is 0 Å². The fourth-order valence-electron chi connectivity index (χ4n) is 2.56. The predicted molar refractivity (Wildman–Crippen MR) is 102 cm³/mol. The highest BCUT2D eigenvalue weighted by Crippen LogP contribution is 2.24. The number of aromatic amines is 1. The first-order valence-corrected chi connectivity index (χ1v) is 9.65. The molecule has 0 aliphatic heterocycles. The molecular weight excluding hydrogens is 350 g/mol. The molecule has 1 heterocycles. The number of rotatable bonds is 4. The average molecular weight is 371 g/mol. The van der Waals surface area contributed by atoms with Gasteiger partial charge in [0.1, 0.15) is 0 Å². The van der Waals surface area contributed by atoms with Gasteiger partial charge in [0.15, 0.2) is 0 Å². The Kier molecular flexibility index (Phi) is 4.50. The summed E-state index contributed by atoms with van der Waals surface area (Å²) >= 11 is 0. The van der Waals surface area contributed by atoms with Gasteiger partial charge >= 0.3 is 5.69 Å². The molecule has 136 valence electrons. The maximum atomic E-state index is 12.6. The second-order valence-electron chi connectivity index (χ2n) is 7.06. The maximum absolute atomic E-state index is 12.6. The Morgan fingerprint density at radius 2 is 1.58 bits per heavy atom. The van der Waals surface area contributed by atoms with Crippen LogP contribution in [0.5, 0.6) is 0 Å². The Hall–Kier alpha value is -2.80. The van der Waals surface area contributed by atoms with E-state index in [1.54, 1.807) is 48.8 Å². The smallest absolute Gasteiger partial charge is 0.312 e. The van der Waals surface area contributed by atoms with Crippen molar-refractivity contribution in [3.05, 3.63) is 77.0 Å².